The summed E-state index contributed by atoms with van der Waals surface area (Å²) in [5.74, 6) is 0.970. The molecular weight excluding hydrogens is 180 g/mol. The summed E-state index contributed by atoms with van der Waals surface area (Å²) < 4.78 is 10.3. The minimum Gasteiger partial charge on any atom is -0.469 e. The van der Waals surface area contributed by atoms with Crippen LogP contribution in [0.5, 0.6) is 0 Å². The molecule has 14 heavy (non-hydrogen) atoms. The van der Waals surface area contributed by atoms with Gasteiger partial charge < -0.3 is 9.15 Å². The molecule has 0 N–H and O–H groups in total. The van der Waals surface area contributed by atoms with Crippen molar-refractivity contribution in [1.29, 1.82) is 0 Å². The molecule has 0 aliphatic heterocycles. The highest BCUT2D eigenvalue weighted by Crippen LogP contribution is 2.04. The molecule has 0 saturated carbocycles. The lowest BCUT2D eigenvalue weighted by atomic mass is 10.2. The molecule has 0 aliphatic carbocycles. The first-order valence-corrected chi connectivity index (χ1v) is 4.84. The first kappa shape index (κ1) is 11.0. The molecule has 0 atom stereocenters. The fourth-order valence-corrected chi connectivity index (χ4v) is 1.05. The monoisotopic (exact) mass is 196 g/mol. The third kappa shape index (κ3) is 4.23. The van der Waals surface area contributed by atoms with Crippen LogP contribution in [0, 0.1) is 0 Å². The molecule has 1 aromatic rings. The molecule has 0 aromatic carbocycles. The average Bonchev–Trinajstić information content (AvgIpc) is 2.63. The van der Waals surface area contributed by atoms with E-state index in [0.717, 1.165) is 5.76 Å². The van der Waals surface area contributed by atoms with Crippen LogP contribution in [-0.4, -0.2) is 18.5 Å². The van der Waals surface area contributed by atoms with Gasteiger partial charge >= 0.3 is 0 Å². The van der Waals surface area contributed by atoms with Crippen LogP contribution >= 0.6 is 0 Å². The van der Waals surface area contributed by atoms with Crippen LogP contribution in [0.15, 0.2) is 22.8 Å². The second kappa shape index (κ2) is 5.60. The largest absolute Gasteiger partial charge is 0.469 e. The number of carbonyl (C=O) groups excluding carboxylic acids is 1. The van der Waals surface area contributed by atoms with E-state index in [4.69, 9.17) is 9.15 Å². The fraction of sp³-hybridized carbons (Fsp3) is 0.545. The zero-order chi connectivity index (χ0) is 10.4. The summed E-state index contributed by atoms with van der Waals surface area (Å²) in [6.45, 7) is 4.04. The standard InChI is InChI=1S/C11H16O3/c1-9(2)14-8-10(12)5-6-11-4-3-7-13-11/h3-4,7,9H,5-6,8H2,1-2H3. The predicted octanol–water partition coefficient (Wildman–Crippen LogP) is 2.21. The molecule has 0 unspecified atom stereocenters. The summed E-state index contributed by atoms with van der Waals surface area (Å²) in [4.78, 5) is 11.3. The topological polar surface area (TPSA) is 39.4 Å². The Balaban J connectivity index is 2.15. The Hall–Kier alpha value is -1.09. The Morgan fingerprint density at radius 1 is 1.57 bits per heavy atom. The first-order chi connectivity index (χ1) is 6.68. The van der Waals surface area contributed by atoms with Crippen LogP contribution in [0.2, 0.25) is 0 Å². The van der Waals surface area contributed by atoms with Crippen molar-refractivity contribution in [3.05, 3.63) is 24.2 Å². The van der Waals surface area contributed by atoms with Crippen LogP contribution in [0.25, 0.3) is 0 Å². The van der Waals surface area contributed by atoms with Gasteiger partial charge in [-0.1, -0.05) is 0 Å². The van der Waals surface area contributed by atoms with E-state index in [1.807, 2.05) is 26.0 Å². The maximum Gasteiger partial charge on any atom is 0.158 e. The lowest BCUT2D eigenvalue weighted by Crippen LogP contribution is -2.13. The Labute approximate surface area is 84.1 Å². The minimum atomic E-state index is 0.113. The number of carbonyl (C=O) groups is 1. The molecule has 0 saturated heterocycles. The number of Topliss-reactive ketones (excluding diaryl/α,β-unsaturated/α-hetero) is 1. The number of rotatable bonds is 6. The molecule has 0 amide bonds. The van der Waals surface area contributed by atoms with Crippen molar-refractivity contribution >= 4 is 5.78 Å². The van der Waals surface area contributed by atoms with Gasteiger partial charge in [0.2, 0.25) is 0 Å². The van der Waals surface area contributed by atoms with Gasteiger partial charge in [-0.3, -0.25) is 4.79 Å². The number of aryl methyl sites for hydroxylation is 1. The van der Waals surface area contributed by atoms with E-state index in [2.05, 4.69) is 0 Å². The van der Waals surface area contributed by atoms with Crippen molar-refractivity contribution in [2.75, 3.05) is 6.61 Å². The SMILES string of the molecule is CC(C)OCC(=O)CCc1ccco1. The molecule has 1 heterocycles. The Morgan fingerprint density at radius 3 is 2.93 bits per heavy atom. The maximum atomic E-state index is 11.3. The van der Waals surface area contributed by atoms with Crippen LogP contribution < -0.4 is 0 Å². The van der Waals surface area contributed by atoms with E-state index < -0.39 is 0 Å². The molecule has 0 fully saturated rings. The van der Waals surface area contributed by atoms with E-state index in [9.17, 15) is 4.79 Å². The fourth-order valence-electron chi connectivity index (χ4n) is 1.05. The summed E-state index contributed by atoms with van der Waals surface area (Å²) in [7, 11) is 0. The molecule has 78 valence electrons. The van der Waals surface area contributed by atoms with Crippen LogP contribution in [0.4, 0.5) is 0 Å². The number of hydrogen-bond acceptors (Lipinski definition) is 3. The lowest BCUT2D eigenvalue weighted by molar-refractivity contribution is -0.125. The summed E-state index contributed by atoms with van der Waals surface area (Å²) in [6, 6.07) is 3.70. The Morgan fingerprint density at radius 2 is 2.36 bits per heavy atom. The first-order valence-electron chi connectivity index (χ1n) is 4.84. The molecule has 3 nitrogen and oxygen atoms in total. The van der Waals surface area contributed by atoms with Crippen molar-refractivity contribution < 1.29 is 13.9 Å². The molecule has 1 rings (SSSR count). The maximum absolute atomic E-state index is 11.3. The summed E-state index contributed by atoms with van der Waals surface area (Å²) in [6.07, 6.45) is 2.88. The Bertz CT molecular complexity index is 262. The average molecular weight is 196 g/mol. The van der Waals surface area contributed by atoms with E-state index in [0.29, 0.717) is 12.8 Å². The third-order valence-corrected chi connectivity index (χ3v) is 1.81. The van der Waals surface area contributed by atoms with Crippen molar-refractivity contribution in [2.45, 2.75) is 32.8 Å². The lowest BCUT2D eigenvalue weighted by Gasteiger charge is -2.05. The van der Waals surface area contributed by atoms with E-state index in [-0.39, 0.29) is 18.5 Å². The number of hydrogen-bond donors (Lipinski definition) is 0. The van der Waals surface area contributed by atoms with Gasteiger partial charge in [-0.2, -0.15) is 0 Å². The molecule has 0 aliphatic rings. The zero-order valence-electron chi connectivity index (χ0n) is 8.66. The van der Waals surface area contributed by atoms with E-state index in [1.165, 1.54) is 0 Å². The quantitative estimate of drug-likeness (QED) is 0.700. The number of ether oxygens (including phenoxy) is 1. The van der Waals surface area contributed by atoms with Gasteiger partial charge in [0.1, 0.15) is 12.4 Å². The van der Waals surface area contributed by atoms with Gasteiger partial charge in [0.15, 0.2) is 5.78 Å². The van der Waals surface area contributed by atoms with Crippen LogP contribution in [0.1, 0.15) is 26.0 Å². The second-order valence-corrected chi connectivity index (χ2v) is 3.48. The minimum absolute atomic E-state index is 0.113. The summed E-state index contributed by atoms with van der Waals surface area (Å²) in [5.41, 5.74) is 0. The number of furan rings is 1. The number of ketones is 1. The summed E-state index contributed by atoms with van der Waals surface area (Å²) >= 11 is 0. The molecule has 0 radical (unpaired) electrons. The molecule has 0 bridgehead atoms. The van der Waals surface area contributed by atoms with E-state index in [1.54, 1.807) is 6.26 Å². The molecule has 3 heteroatoms. The molecule has 1 aromatic heterocycles. The van der Waals surface area contributed by atoms with Gasteiger partial charge in [-0.05, 0) is 26.0 Å². The van der Waals surface area contributed by atoms with Crippen LogP contribution in [0.3, 0.4) is 0 Å². The van der Waals surface area contributed by atoms with Gasteiger partial charge in [-0.25, -0.2) is 0 Å². The highest BCUT2D eigenvalue weighted by molar-refractivity contribution is 5.79. The smallest absolute Gasteiger partial charge is 0.158 e. The van der Waals surface area contributed by atoms with Gasteiger partial charge in [0.25, 0.3) is 0 Å². The summed E-state index contributed by atoms with van der Waals surface area (Å²) in [5, 5.41) is 0. The highest BCUT2D eigenvalue weighted by atomic mass is 16.5. The zero-order valence-corrected chi connectivity index (χ0v) is 8.66. The van der Waals surface area contributed by atoms with Gasteiger partial charge in [-0.15, -0.1) is 0 Å². The Kier molecular flexibility index (Phi) is 4.40. The van der Waals surface area contributed by atoms with Gasteiger partial charge in [0, 0.05) is 12.8 Å². The van der Waals surface area contributed by atoms with Gasteiger partial charge in [0.05, 0.1) is 12.4 Å². The van der Waals surface area contributed by atoms with Crippen molar-refractivity contribution in [3.8, 4) is 0 Å². The predicted molar refractivity (Wildman–Crippen MR) is 53.1 cm³/mol. The third-order valence-electron chi connectivity index (χ3n) is 1.81. The highest BCUT2D eigenvalue weighted by Gasteiger charge is 2.05. The van der Waals surface area contributed by atoms with Crippen molar-refractivity contribution in [1.82, 2.24) is 0 Å². The van der Waals surface area contributed by atoms with E-state index >= 15 is 0 Å². The molecular formula is C11H16O3. The van der Waals surface area contributed by atoms with Crippen molar-refractivity contribution in [3.63, 3.8) is 0 Å². The normalized spacial score (nSPS) is 10.8. The van der Waals surface area contributed by atoms with Crippen molar-refractivity contribution in [2.24, 2.45) is 0 Å². The molecule has 0 spiro atoms. The second-order valence-electron chi connectivity index (χ2n) is 3.48. The van der Waals surface area contributed by atoms with Crippen LogP contribution in [-0.2, 0) is 16.0 Å².